The van der Waals surface area contributed by atoms with E-state index in [1.807, 2.05) is 50.2 Å². The Labute approximate surface area is 169 Å². The van der Waals surface area contributed by atoms with Gasteiger partial charge in [0.15, 0.2) is 10.6 Å². The first-order valence-electron chi connectivity index (χ1n) is 9.10. The standard InChI is InChI=1S/C21H24N4O2S/c1-14-4-7-16(8-5-14)20-23-24-21(28)25(20)13-19(26)22-11-10-17-12-15(2)6-9-18(17)27-3/h4-9,12H,10-11,13H2,1-3H3,(H,22,26)(H,24,28). The highest BCUT2D eigenvalue weighted by molar-refractivity contribution is 7.71. The summed E-state index contributed by atoms with van der Waals surface area (Å²) in [6, 6.07) is 14.0. The maximum absolute atomic E-state index is 12.5. The second-order valence-corrected chi connectivity index (χ2v) is 7.11. The molecule has 0 radical (unpaired) electrons. The smallest absolute Gasteiger partial charge is 0.240 e. The first kappa shape index (κ1) is 19.8. The number of aryl methyl sites for hydroxylation is 2. The zero-order valence-electron chi connectivity index (χ0n) is 16.3. The van der Waals surface area contributed by atoms with E-state index >= 15 is 0 Å². The zero-order chi connectivity index (χ0) is 20.1. The molecule has 0 aliphatic carbocycles. The van der Waals surface area contributed by atoms with Crippen LogP contribution in [0.4, 0.5) is 0 Å². The summed E-state index contributed by atoms with van der Waals surface area (Å²) in [6.07, 6.45) is 0.693. The normalized spacial score (nSPS) is 10.7. The molecule has 0 saturated heterocycles. The van der Waals surface area contributed by atoms with E-state index in [1.165, 1.54) is 0 Å². The van der Waals surface area contributed by atoms with E-state index in [9.17, 15) is 4.79 Å². The van der Waals surface area contributed by atoms with Crippen LogP contribution in [0.1, 0.15) is 16.7 Å². The molecule has 146 valence electrons. The summed E-state index contributed by atoms with van der Waals surface area (Å²) < 4.78 is 7.52. The molecule has 2 aromatic carbocycles. The molecule has 0 aliphatic rings. The monoisotopic (exact) mass is 396 g/mol. The lowest BCUT2D eigenvalue weighted by molar-refractivity contribution is -0.121. The number of H-pyrrole nitrogens is 1. The van der Waals surface area contributed by atoms with Crippen LogP contribution in [0, 0.1) is 18.6 Å². The van der Waals surface area contributed by atoms with Crippen molar-refractivity contribution in [2.24, 2.45) is 0 Å². The molecule has 28 heavy (non-hydrogen) atoms. The van der Waals surface area contributed by atoms with Gasteiger partial charge >= 0.3 is 0 Å². The summed E-state index contributed by atoms with van der Waals surface area (Å²) in [5.74, 6) is 1.37. The quantitative estimate of drug-likeness (QED) is 0.599. The fourth-order valence-electron chi connectivity index (χ4n) is 3.03. The van der Waals surface area contributed by atoms with Crippen molar-refractivity contribution in [3.8, 4) is 17.1 Å². The summed E-state index contributed by atoms with van der Waals surface area (Å²) in [5, 5.41) is 10.0. The number of hydrogen-bond acceptors (Lipinski definition) is 4. The van der Waals surface area contributed by atoms with E-state index in [0.29, 0.717) is 23.6 Å². The van der Waals surface area contributed by atoms with Gasteiger partial charge < -0.3 is 10.1 Å². The number of rotatable bonds is 7. The third-order valence-corrected chi connectivity index (χ3v) is 4.83. The largest absolute Gasteiger partial charge is 0.496 e. The first-order chi connectivity index (χ1) is 13.5. The number of aromatic nitrogens is 3. The second kappa shape index (κ2) is 8.84. The summed E-state index contributed by atoms with van der Waals surface area (Å²) in [7, 11) is 1.65. The Morgan fingerprint density at radius 2 is 1.89 bits per heavy atom. The molecule has 0 atom stereocenters. The molecule has 0 bridgehead atoms. The number of methoxy groups -OCH3 is 1. The number of ether oxygens (including phenoxy) is 1. The Kier molecular flexibility index (Phi) is 6.26. The van der Waals surface area contributed by atoms with E-state index in [1.54, 1.807) is 11.7 Å². The van der Waals surface area contributed by atoms with E-state index in [-0.39, 0.29) is 12.5 Å². The molecule has 3 rings (SSSR count). The number of carbonyl (C=O) groups excluding carboxylic acids is 1. The van der Waals surface area contributed by atoms with Crippen molar-refractivity contribution in [2.75, 3.05) is 13.7 Å². The second-order valence-electron chi connectivity index (χ2n) is 6.72. The van der Waals surface area contributed by atoms with Gasteiger partial charge in [-0.05, 0) is 44.1 Å². The lowest BCUT2D eigenvalue weighted by atomic mass is 10.1. The van der Waals surface area contributed by atoms with Crippen LogP contribution in [0.2, 0.25) is 0 Å². The lowest BCUT2D eigenvalue weighted by Crippen LogP contribution is -2.29. The molecular weight excluding hydrogens is 372 g/mol. The van der Waals surface area contributed by atoms with E-state index < -0.39 is 0 Å². The maximum atomic E-state index is 12.5. The lowest BCUT2D eigenvalue weighted by Gasteiger charge is -2.11. The van der Waals surface area contributed by atoms with Gasteiger partial charge in [-0.15, -0.1) is 0 Å². The molecule has 0 fully saturated rings. The van der Waals surface area contributed by atoms with Crippen molar-refractivity contribution in [3.63, 3.8) is 0 Å². The summed E-state index contributed by atoms with van der Waals surface area (Å²) >= 11 is 5.30. The van der Waals surface area contributed by atoms with E-state index in [4.69, 9.17) is 17.0 Å². The van der Waals surface area contributed by atoms with Crippen molar-refractivity contribution in [2.45, 2.75) is 26.8 Å². The van der Waals surface area contributed by atoms with Crippen LogP contribution in [-0.2, 0) is 17.8 Å². The SMILES string of the molecule is COc1ccc(C)cc1CCNC(=O)Cn1c(-c2ccc(C)cc2)n[nH]c1=S. The zero-order valence-corrected chi connectivity index (χ0v) is 17.1. The highest BCUT2D eigenvalue weighted by atomic mass is 32.1. The highest BCUT2D eigenvalue weighted by Gasteiger charge is 2.12. The fourth-order valence-corrected chi connectivity index (χ4v) is 3.22. The van der Waals surface area contributed by atoms with E-state index in [0.717, 1.165) is 28.0 Å². The van der Waals surface area contributed by atoms with Crippen LogP contribution in [0.25, 0.3) is 11.4 Å². The Hall–Kier alpha value is -2.93. The van der Waals surface area contributed by atoms with Crippen molar-refractivity contribution in [1.29, 1.82) is 0 Å². The van der Waals surface area contributed by atoms with E-state index in [2.05, 4.69) is 21.6 Å². The van der Waals surface area contributed by atoms with Gasteiger partial charge in [0.25, 0.3) is 0 Å². The van der Waals surface area contributed by atoms with Crippen molar-refractivity contribution in [1.82, 2.24) is 20.1 Å². The Balaban J connectivity index is 1.65. The van der Waals surface area contributed by atoms with Crippen LogP contribution < -0.4 is 10.1 Å². The average Bonchev–Trinajstić information content (AvgIpc) is 3.03. The summed E-state index contributed by atoms with van der Waals surface area (Å²) in [5.41, 5.74) is 4.31. The number of benzene rings is 2. The van der Waals surface area contributed by atoms with Gasteiger partial charge in [-0.1, -0.05) is 47.5 Å². The van der Waals surface area contributed by atoms with Gasteiger partial charge in [-0.2, -0.15) is 5.10 Å². The number of nitrogens with one attached hydrogen (secondary N) is 2. The number of carbonyl (C=O) groups is 1. The molecule has 0 saturated carbocycles. The predicted molar refractivity (Wildman–Crippen MR) is 112 cm³/mol. The number of amides is 1. The number of aromatic amines is 1. The molecule has 7 heteroatoms. The summed E-state index contributed by atoms with van der Waals surface area (Å²) in [6.45, 7) is 4.69. The van der Waals surface area contributed by atoms with Gasteiger partial charge in [0, 0.05) is 12.1 Å². The Morgan fingerprint density at radius 3 is 2.61 bits per heavy atom. The van der Waals surface area contributed by atoms with Gasteiger partial charge in [0.1, 0.15) is 12.3 Å². The molecule has 0 aliphatic heterocycles. The molecule has 1 amide bonds. The molecule has 0 spiro atoms. The molecule has 6 nitrogen and oxygen atoms in total. The average molecular weight is 397 g/mol. The molecule has 1 aromatic heterocycles. The topological polar surface area (TPSA) is 71.9 Å². The van der Waals surface area contributed by atoms with Gasteiger partial charge in [0.2, 0.25) is 5.91 Å². The Morgan fingerprint density at radius 1 is 1.18 bits per heavy atom. The maximum Gasteiger partial charge on any atom is 0.240 e. The van der Waals surface area contributed by atoms with Gasteiger partial charge in [0.05, 0.1) is 7.11 Å². The molecule has 0 unspecified atom stereocenters. The molecular formula is C21H24N4O2S. The minimum atomic E-state index is -0.113. The van der Waals surface area contributed by atoms with Gasteiger partial charge in [-0.3, -0.25) is 14.5 Å². The molecule has 3 aromatic rings. The molecule has 2 N–H and O–H groups in total. The van der Waals surface area contributed by atoms with Crippen LogP contribution in [0.3, 0.4) is 0 Å². The van der Waals surface area contributed by atoms with Crippen molar-refractivity contribution >= 4 is 18.1 Å². The van der Waals surface area contributed by atoms with Crippen LogP contribution >= 0.6 is 12.2 Å². The number of hydrogen-bond donors (Lipinski definition) is 2. The van der Waals surface area contributed by atoms with Crippen LogP contribution in [0.15, 0.2) is 42.5 Å². The fraction of sp³-hybridized carbons (Fsp3) is 0.286. The molecule has 1 heterocycles. The predicted octanol–water partition coefficient (Wildman–Crippen LogP) is 3.59. The van der Waals surface area contributed by atoms with Crippen LogP contribution in [0.5, 0.6) is 5.75 Å². The summed E-state index contributed by atoms with van der Waals surface area (Å²) in [4.78, 5) is 12.5. The van der Waals surface area contributed by atoms with Crippen molar-refractivity contribution < 1.29 is 9.53 Å². The Bertz CT molecular complexity index is 1020. The highest BCUT2D eigenvalue weighted by Crippen LogP contribution is 2.20. The van der Waals surface area contributed by atoms with Crippen LogP contribution in [-0.4, -0.2) is 34.3 Å². The third-order valence-electron chi connectivity index (χ3n) is 4.52. The van der Waals surface area contributed by atoms with Gasteiger partial charge in [-0.25, -0.2) is 0 Å². The first-order valence-corrected chi connectivity index (χ1v) is 9.51. The minimum absolute atomic E-state index is 0.113. The minimum Gasteiger partial charge on any atom is -0.496 e. The third kappa shape index (κ3) is 4.67. The van der Waals surface area contributed by atoms with Crippen molar-refractivity contribution in [3.05, 3.63) is 63.9 Å². The number of nitrogens with zero attached hydrogens (tertiary/aromatic N) is 2.